The number of fused-ring (bicyclic) bond motifs is 8. The monoisotopic (exact) mass is 332 g/mol. The maximum Gasteiger partial charge on any atom is 1.00 e. The van der Waals surface area contributed by atoms with Gasteiger partial charge in [-0.2, -0.15) is 0 Å². The second kappa shape index (κ2) is 6.48. The van der Waals surface area contributed by atoms with Gasteiger partial charge in [-0.05, 0) is 48.6 Å². The van der Waals surface area contributed by atoms with E-state index >= 15 is 0 Å². The molecule has 0 aromatic carbocycles. The number of aromatic nitrogens is 4. The average molecular weight is 332 g/mol. The molecule has 3 aromatic rings. The molecule has 0 saturated heterocycles. The minimum absolute atomic E-state index is 0. The molecule has 0 radical (unpaired) electrons. The van der Waals surface area contributed by atoms with E-state index in [1.165, 1.54) is 0 Å². The van der Waals surface area contributed by atoms with Crippen LogP contribution in [0, 0.1) is 0 Å². The number of nitrogens with one attached hydrogen (secondary N) is 1. The number of hydrogen-bond donors (Lipinski definition) is 1. The molecule has 0 spiro atoms. The van der Waals surface area contributed by atoms with Crippen molar-refractivity contribution in [3.63, 3.8) is 0 Å². The van der Waals surface area contributed by atoms with Crippen LogP contribution in [0.1, 0.15) is 22.8 Å². The van der Waals surface area contributed by atoms with E-state index in [9.17, 15) is 0 Å². The molecule has 0 saturated carbocycles. The topological polar surface area (TPSA) is 55.7 Å². The van der Waals surface area contributed by atoms with Crippen molar-refractivity contribution in [2.75, 3.05) is 0 Å². The summed E-state index contributed by atoms with van der Waals surface area (Å²) < 4.78 is 0. The maximum absolute atomic E-state index is 4.61. The Morgan fingerprint density at radius 2 is 1.04 bits per heavy atom. The first-order valence-electron chi connectivity index (χ1n) is 7.79. The largest absolute Gasteiger partial charge is 1.00 e. The second-order valence-electron chi connectivity index (χ2n) is 5.83. The van der Waals surface area contributed by atoms with Crippen LogP contribution in [0.5, 0.6) is 0 Å². The van der Waals surface area contributed by atoms with E-state index in [0.717, 1.165) is 44.8 Å². The first-order chi connectivity index (χ1) is 11.8. The molecule has 0 atom stereocenters. The molecule has 5 heterocycles. The first-order valence-corrected chi connectivity index (χ1v) is 7.79. The molecule has 2 aliphatic heterocycles. The predicted octanol–water partition coefficient (Wildman–Crippen LogP) is 1.29. The van der Waals surface area contributed by atoms with Crippen molar-refractivity contribution in [2.45, 2.75) is 0 Å². The van der Waals surface area contributed by atoms with Crippen LogP contribution in [0.15, 0.2) is 48.5 Å². The quantitative estimate of drug-likeness (QED) is 0.435. The van der Waals surface area contributed by atoms with Crippen LogP contribution in [0.25, 0.3) is 46.4 Å². The van der Waals surface area contributed by atoms with Gasteiger partial charge in [0.05, 0.1) is 22.8 Å². The minimum Gasteiger partial charge on any atom is -0.658 e. The fourth-order valence-electron chi connectivity index (χ4n) is 2.89. The van der Waals surface area contributed by atoms with Crippen molar-refractivity contribution in [1.82, 2.24) is 19.9 Å². The van der Waals surface area contributed by atoms with Crippen LogP contribution in [-0.4, -0.2) is 15.0 Å². The van der Waals surface area contributed by atoms with Gasteiger partial charge < -0.3 is 9.97 Å². The molecule has 3 aromatic heterocycles. The van der Waals surface area contributed by atoms with Crippen molar-refractivity contribution in [3.05, 3.63) is 71.3 Å². The summed E-state index contributed by atoms with van der Waals surface area (Å²) >= 11 is 0. The molecular weight excluding hydrogens is 319 g/mol. The molecule has 0 unspecified atom stereocenters. The third-order valence-corrected chi connectivity index (χ3v) is 3.98. The molecule has 0 aliphatic carbocycles. The van der Waals surface area contributed by atoms with Crippen molar-refractivity contribution >= 4 is 46.4 Å². The molecule has 0 amide bonds. The fourth-order valence-corrected chi connectivity index (χ4v) is 2.89. The number of rotatable bonds is 0. The predicted molar refractivity (Wildman–Crippen MR) is 97.8 cm³/mol. The van der Waals surface area contributed by atoms with Crippen molar-refractivity contribution < 1.29 is 29.6 Å². The van der Waals surface area contributed by atoms with E-state index in [-0.39, 0.29) is 29.6 Å². The average Bonchev–Trinajstić information content (AvgIpc) is 3.32. The zero-order valence-electron chi connectivity index (χ0n) is 13.8. The van der Waals surface area contributed by atoms with Gasteiger partial charge in [0.25, 0.3) is 0 Å². The van der Waals surface area contributed by atoms with Gasteiger partial charge in [-0.25, -0.2) is 9.97 Å². The van der Waals surface area contributed by atoms with Crippen molar-refractivity contribution in [1.29, 1.82) is 0 Å². The SMILES string of the molecule is C1=Cc2cc3ccc(cc4nc(cc5ccc(cc1n2)[n-]5)C=C4)[nH]3.[Na+]. The molecule has 1 N–H and O–H groups in total. The van der Waals surface area contributed by atoms with Gasteiger partial charge in [0.15, 0.2) is 0 Å². The second-order valence-corrected chi connectivity index (χ2v) is 5.83. The van der Waals surface area contributed by atoms with Crippen LogP contribution in [-0.2, 0) is 0 Å². The van der Waals surface area contributed by atoms with E-state index in [4.69, 9.17) is 0 Å². The number of aromatic amines is 1. The van der Waals surface area contributed by atoms with E-state index < -0.39 is 0 Å². The van der Waals surface area contributed by atoms with E-state index in [0.29, 0.717) is 0 Å². The molecule has 5 rings (SSSR count). The Hall–Kier alpha value is -2.40. The Bertz CT molecular complexity index is 990. The normalized spacial score (nSPS) is 12.2. The number of hydrogen-bond acceptors (Lipinski definition) is 2. The summed E-state index contributed by atoms with van der Waals surface area (Å²) in [6.07, 6.45) is 8.02. The Balaban J connectivity index is 0.00000157. The smallest absolute Gasteiger partial charge is 0.658 e. The third kappa shape index (κ3) is 3.37. The summed E-state index contributed by atoms with van der Waals surface area (Å²) in [4.78, 5) is 17.2. The molecule has 4 nitrogen and oxygen atoms in total. The molecule has 114 valence electrons. The minimum atomic E-state index is 0. The number of H-pyrrole nitrogens is 1. The van der Waals surface area contributed by atoms with Crippen LogP contribution >= 0.6 is 0 Å². The molecule has 5 heteroatoms. The summed E-state index contributed by atoms with van der Waals surface area (Å²) in [6, 6.07) is 16.1. The summed E-state index contributed by atoms with van der Waals surface area (Å²) in [5, 5.41) is 0. The standard InChI is InChI=1S/C20H13N4.Na/c1-2-14-10-16-5-6-18(23-16)12-20-8-7-19(24-20)11-17-4-3-15(22-17)9-13(1)21-14;/h1-12,21H;/q-1;+1. The fraction of sp³-hybridized carbons (Fsp3) is 0. The Labute approximate surface area is 166 Å². The van der Waals surface area contributed by atoms with Gasteiger partial charge in [-0.15, -0.1) is 11.0 Å². The maximum atomic E-state index is 4.61. The van der Waals surface area contributed by atoms with Crippen molar-refractivity contribution in [2.24, 2.45) is 0 Å². The van der Waals surface area contributed by atoms with Crippen LogP contribution in [0.3, 0.4) is 0 Å². The molecule has 25 heavy (non-hydrogen) atoms. The zero-order valence-corrected chi connectivity index (χ0v) is 15.8. The van der Waals surface area contributed by atoms with Gasteiger partial charge in [0, 0.05) is 11.0 Å². The summed E-state index contributed by atoms with van der Waals surface area (Å²) in [6.45, 7) is 0. The number of nitrogens with zero attached hydrogens (tertiary/aromatic N) is 3. The molecule has 2 aliphatic rings. The van der Waals surface area contributed by atoms with Gasteiger partial charge in [0.2, 0.25) is 0 Å². The summed E-state index contributed by atoms with van der Waals surface area (Å²) in [7, 11) is 0. The van der Waals surface area contributed by atoms with Gasteiger partial charge in [-0.1, -0.05) is 24.3 Å². The molecule has 8 bridgehead atoms. The third-order valence-electron chi connectivity index (χ3n) is 3.98. The van der Waals surface area contributed by atoms with E-state index in [1.807, 2.05) is 72.8 Å². The Morgan fingerprint density at radius 1 is 0.600 bits per heavy atom. The van der Waals surface area contributed by atoms with E-state index in [2.05, 4.69) is 19.9 Å². The van der Waals surface area contributed by atoms with Crippen LogP contribution in [0.2, 0.25) is 0 Å². The van der Waals surface area contributed by atoms with Gasteiger partial charge in [0.1, 0.15) is 0 Å². The van der Waals surface area contributed by atoms with E-state index in [1.54, 1.807) is 0 Å². The first kappa shape index (κ1) is 16.1. The van der Waals surface area contributed by atoms with Crippen molar-refractivity contribution in [3.8, 4) is 0 Å². The Kier molecular flexibility index (Phi) is 4.17. The van der Waals surface area contributed by atoms with Crippen LogP contribution in [0.4, 0.5) is 0 Å². The van der Waals surface area contributed by atoms with Crippen LogP contribution < -0.4 is 34.5 Å². The summed E-state index contributed by atoms with van der Waals surface area (Å²) in [5.41, 5.74) is 7.50. The molecular formula is C20H13N4Na. The summed E-state index contributed by atoms with van der Waals surface area (Å²) in [5.74, 6) is 0. The Morgan fingerprint density at radius 3 is 1.52 bits per heavy atom. The van der Waals surface area contributed by atoms with Gasteiger partial charge in [-0.3, -0.25) is 0 Å². The molecule has 0 fully saturated rings. The van der Waals surface area contributed by atoms with Gasteiger partial charge >= 0.3 is 29.6 Å². The zero-order chi connectivity index (χ0) is 15.9.